The minimum Gasteiger partial charge on any atom is -0.342 e. The van der Waals surface area contributed by atoms with E-state index in [1.165, 1.54) is 0 Å². The molecule has 0 aliphatic carbocycles. The van der Waals surface area contributed by atoms with Crippen LogP contribution in [-0.2, 0) is 4.79 Å². The molecule has 0 bridgehead atoms. The van der Waals surface area contributed by atoms with Gasteiger partial charge in [0.05, 0.1) is 6.54 Å². The van der Waals surface area contributed by atoms with Crippen LogP contribution in [-0.4, -0.2) is 61.5 Å². The second-order valence-electron chi connectivity index (χ2n) is 4.88. The highest BCUT2D eigenvalue weighted by molar-refractivity contribution is 5.78. The van der Waals surface area contributed by atoms with Gasteiger partial charge in [0.25, 0.3) is 0 Å². The molecule has 4 nitrogen and oxygen atoms in total. The Labute approximate surface area is 100.0 Å². The van der Waals surface area contributed by atoms with E-state index in [2.05, 4.69) is 24.1 Å². The molecule has 0 unspecified atom stereocenters. The van der Waals surface area contributed by atoms with Gasteiger partial charge in [-0.1, -0.05) is 0 Å². The summed E-state index contributed by atoms with van der Waals surface area (Å²) in [5.41, 5.74) is 0.0730. The molecule has 0 fully saturated rings. The lowest BCUT2D eigenvalue weighted by molar-refractivity contribution is -0.129. The highest BCUT2D eigenvalue weighted by atomic mass is 16.2. The van der Waals surface area contributed by atoms with Crippen molar-refractivity contribution in [1.29, 1.82) is 0 Å². The minimum absolute atomic E-state index is 0.0730. The first-order valence-corrected chi connectivity index (χ1v) is 6.01. The molecule has 0 aromatic heterocycles. The van der Waals surface area contributed by atoms with Crippen LogP contribution in [0.1, 0.15) is 27.7 Å². The average Bonchev–Trinajstić information content (AvgIpc) is 2.19. The maximum Gasteiger partial charge on any atom is 0.236 e. The van der Waals surface area contributed by atoms with Crippen molar-refractivity contribution < 1.29 is 4.79 Å². The second kappa shape index (κ2) is 6.86. The van der Waals surface area contributed by atoms with Crippen LogP contribution in [0.5, 0.6) is 0 Å². The van der Waals surface area contributed by atoms with Crippen LogP contribution < -0.4 is 5.32 Å². The lowest BCUT2D eigenvalue weighted by atomic mass is 10.0. The largest absolute Gasteiger partial charge is 0.342 e. The molecule has 0 radical (unpaired) electrons. The van der Waals surface area contributed by atoms with Crippen LogP contribution >= 0.6 is 0 Å². The molecule has 0 spiro atoms. The summed E-state index contributed by atoms with van der Waals surface area (Å²) >= 11 is 0. The number of rotatable bonds is 7. The molecular formula is C12H27N3O. The fourth-order valence-electron chi connectivity index (χ4n) is 1.32. The van der Waals surface area contributed by atoms with Crippen LogP contribution in [0.2, 0.25) is 0 Å². The molecule has 0 aliphatic heterocycles. The lowest BCUT2D eigenvalue weighted by Gasteiger charge is -2.33. The van der Waals surface area contributed by atoms with Gasteiger partial charge in [0, 0.05) is 25.2 Å². The zero-order valence-corrected chi connectivity index (χ0v) is 11.6. The fraction of sp³-hybridized carbons (Fsp3) is 0.917. The van der Waals surface area contributed by atoms with Crippen molar-refractivity contribution in [2.75, 3.05) is 40.3 Å². The van der Waals surface area contributed by atoms with Gasteiger partial charge in [-0.2, -0.15) is 0 Å². The first-order chi connectivity index (χ1) is 7.35. The molecule has 0 atom stereocenters. The Morgan fingerprint density at radius 3 is 2.06 bits per heavy atom. The summed E-state index contributed by atoms with van der Waals surface area (Å²) in [5, 5.41) is 3.22. The fourth-order valence-corrected chi connectivity index (χ4v) is 1.32. The maximum absolute atomic E-state index is 11.7. The molecule has 0 rings (SSSR count). The van der Waals surface area contributed by atoms with Crippen molar-refractivity contribution in [1.82, 2.24) is 15.1 Å². The summed E-state index contributed by atoms with van der Waals surface area (Å²) in [7, 11) is 4.10. The van der Waals surface area contributed by atoms with Crippen LogP contribution in [0.25, 0.3) is 0 Å². The summed E-state index contributed by atoms with van der Waals surface area (Å²) in [6.07, 6.45) is 0. The Kier molecular flexibility index (Phi) is 6.60. The van der Waals surface area contributed by atoms with E-state index in [9.17, 15) is 4.79 Å². The standard InChI is InChI=1S/C12H27N3O/c1-7-15(8-2)11(16)9-13-10-12(3,4)14(5)6/h13H,7-10H2,1-6H3. The highest BCUT2D eigenvalue weighted by Gasteiger charge is 2.20. The molecule has 4 heteroatoms. The topological polar surface area (TPSA) is 35.6 Å². The molecule has 0 saturated carbocycles. The van der Waals surface area contributed by atoms with Crippen LogP contribution in [0.3, 0.4) is 0 Å². The van der Waals surface area contributed by atoms with Gasteiger partial charge in [-0.15, -0.1) is 0 Å². The number of likely N-dealkylation sites (N-methyl/N-ethyl adjacent to an activating group) is 2. The van der Waals surface area contributed by atoms with Crippen LogP contribution in [0.15, 0.2) is 0 Å². The Bertz CT molecular complexity index is 210. The predicted octanol–water partition coefficient (Wildman–Crippen LogP) is 0.785. The molecule has 0 aromatic rings. The van der Waals surface area contributed by atoms with Gasteiger partial charge < -0.3 is 15.1 Å². The number of hydrogen-bond donors (Lipinski definition) is 1. The molecule has 0 aliphatic rings. The average molecular weight is 229 g/mol. The Morgan fingerprint density at radius 1 is 1.19 bits per heavy atom. The van der Waals surface area contributed by atoms with Gasteiger partial charge in [-0.25, -0.2) is 0 Å². The van der Waals surface area contributed by atoms with Crippen LogP contribution in [0.4, 0.5) is 0 Å². The van der Waals surface area contributed by atoms with Gasteiger partial charge in [0.15, 0.2) is 0 Å². The summed E-state index contributed by atoms with van der Waals surface area (Å²) in [5.74, 6) is 0.180. The number of hydrogen-bond acceptors (Lipinski definition) is 3. The molecule has 16 heavy (non-hydrogen) atoms. The van der Waals surface area contributed by atoms with Gasteiger partial charge in [-0.3, -0.25) is 4.79 Å². The Morgan fingerprint density at radius 2 is 1.69 bits per heavy atom. The van der Waals surface area contributed by atoms with E-state index in [0.717, 1.165) is 19.6 Å². The Hall–Kier alpha value is -0.610. The Balaban J connectivity index is 3.94. The monoisotopic (exact) mass is 229 g/mol. The van der Waals surface area contributed by atoms with Gasteiger partial charge in [0.2, 0.25) is 5.91 Å². The summed E-state index contributed by atoms with van der Waals surface area (Å²) in [6, 6.07) is 0. The van der Waals surface area contributed by atoms with Gasteiger partial charge in [0.1, 0.15) is 0 Å². The third-order valence-corrected chi connectivity index (χ3v) is 3.16. The number of amides is 1. The zero-order valence-electron chi connectivity index (χ0n) is 11.6. The molecule has 96 valence electrons. The van der Waals surface area contributed by atoms with E-state index in [-0.39, 0.29) is 11.4 Å². The molecular weight excluding hydrogens is 202 g/mol. The summed E-state index contributed by atoms with van der Waals surface area (Å²) in [6.45, 7) is 11.1. The van der Waals surface area contributed by atoms with Gasteiger partial charge >= 0.3 is 0 Å². The van der Waals surface area contributed by atoms with Crippen molar-refractivity contribution in [2.45, 2.75) is 33.2 Å². The third-order valence-electron chi connectivity index (χ3n) is 3.16. The number of nitrogens with zero attached hydrogens (tertiary/aromatic N) is 2. The number of nitrogens with one attached hydrogen (secondary N) is 1. The first kappa shape index (κ1) is 15.4. The predicted molar refractivity (Wildman–Crippen MR) is 68.6 cm³/mol. The highest BCUT2D eigenvalue weighted by Crippen LogP contribution is 2.07. The smallest absolute Gasteiger partial charge is 0.236 e. The van der Waals surface area contributed by atoms with Crippen molar-refractivity contribution in [2.24, 2.45) is 0 Å². The SMILES string of the molecule is CCN(CC)C(=O)CNCC(C)(C)N(C)C. The van der Waals surface area contributed by atoms with E-state index >= 15 is 0 Å². The van der Waals surface area contributed by atoms with Crippen molar-refractivity contribution in [3.05, 3.63) is 0 Å². The minimum atomic E-state index is 0.0730. The zero-order chi connectivity index (χ0) is 12.8. The van der Waals surface area contributed by atoms with Crippen molar-refractivity contribution >= 4 is 5.91 Å². The number of carbonyl (C=O) groups is 1. The normalized spacial score (nSPS) is 11.9. The molecule has 0 heterocycles. The molecule has 0 aromatic carbocycles. The lowest BCUT2D eigenvalue weighted by Crippen LogP contribution is -2.49. The number of carbonyl (C=O) groups excluding carboxylic acids is 1. The first-order valence-electron chi connectivity index (χ1n) is 6.01. The van der Waals surface area contributed by atoms with E-state index in [0.29, 0.717) is 6.54 Å². The summed E-state index contributed by atoms with van der Waals surface area (Å²) < 4.78 is 0. The van der Waals surface area contributed by atoms with E-state index < -0.39 is 0 Å². The van der Waals surface area contributed by atoms with E-state index in [1.807, 2.05) is 32.8 Å². The second-order valence-corrected chi connectivity index (χ2v) is 4.88. The molecule has 0 saturated heterocycles. The quantitative estimate of drug-likeness (QED) is 0.701. The van der Waals surface area contributed by atoms with E-state index in [4.69, 9.17) is 0 Å². The molecule has 1 amide bonds. The van der Waals surface area contributed by atoms with Crippen LogP contribution in [0, 0.1) is 0 Å². The van der Waals surface area contributed by atoms with E-state index in [1.54, 1.807) is 0 Å². The van der Waals surface area contributed by atoms with Crippen molar-refractivity contribution in [3.63, 3.8) is 0 Å². The van der Waals surface area contributed by atoms with Crippen molar-refractivity contribution in [3.8, 4) is 0 Å². The molecule has 1 N–H and O–H groups in total. The van der Waals surface area contributed by atoms with Gasteiger partial charge in [-0.05, 0) is 41.8 Å². The summed E-state index contributed by atoms with van der Waals surface area (Å²) in [4.78, 5) is 15.7. The maximum atomic E-state index is 11.7. The third kappa shape index (κ3) is 4.94.